The first kappa shape index (κ1) is 22.0. The summed E-state index contributed by atoms with van der Waals surface area (Å²) in [7, 11) is 0. The molecule has 0 unspecified atom stereocenters. The quantitative estimate of drug-likeness (QED) is 0.310. The standard InChI is InChI=1S/C26H24N2O5/c1-3-32-21-14-19-20(15-22(21)33-4-2)28-25(29)23(19)24(16-8-6-5-7-9-16)27-18-12-10-17(11-13-18)26(30)31/h5-15,28-29H,3-4H2,1-2H3,(H,30,31). The maximum absolute atomic E-state index is 11.2. The molecule has 0 aliphatic carbocycles. The van der Waals surface area contributed by atoms with Gasteiger partial charge in [-0.1, -0.05) is 30.3 Å². The van der Waals surface area contributed by atoms with Crippen molar-refractivity contribution in [1.82, 2.24) is 4.98 Å². The number of carbonyl (C=O) groups is 1. The van der Waals surface area contributed by atoms with E-state index in [1.807, 2.05) is 50.2 Å². The summed E-state index contributed by atoms with van der Waals surface area (Å²) in [5.74, 6) is 0.120. The fourth-order valence-corrected chi connectivity index (χ4v) is 3.63. The maximum atomic E-state index is 11.2. The monoisotopic (exact) mass is 444 g/mol. The Morgan fingerprint density at radius 2 is 1.55 bits per heavy atom. The molecule has 0 aliphatic heterocycles. The van der Waals surface area contributed by atoms with Crippen LogP contribution in [0.25, 0.3) is 10.9 Å². The van der Waals surface area contributed by atoms with Crippen LogP contribution in [0, 0.1) is 0 Å². The molecular formula is C26H24N2O5. The predicted molar refractivity (Wildman–Crippen MR) is 127 cm³/mol. The number of H-pyrrole nitrogens is 1. The maximum Gasteiger partial charge on any atom is 0.335 e. The summed E-state index contributed by atoms with van der Waals surface area (Å²) in [6.07, 6.45) is 0. The molecule has 0 fully saturated rings. The van der Waals surface area contributed by atoms with Crippen LogP contribution in [0.4, 0.5) is 5.69 Å². The van der Waals surface area contributed by atoms with Gasteiger partial charge in [0.25, 0.3) is 0 Å². The second-order valence-corrected chi connectivity index (χ2v) is 7.24. The van der Waals surface area contributed by atoms with Gasteiger partial charge < -0.3 is 24.7 Å². The van der Waals surface area contributed by atoms with Crippen LogP contribution >= 0.6 is 0 Å². The Labute approximate surface area is 190 Å². The summed E-state index contributed by atoms with van der Waals surface area (Å²) in [6, 6.07) is 19.4. The van der Waals surface area contributed by atoms with Crippen molar-refractivity contribution in [1.29, 1.82) is 0 Å². The zero-order valence-corrected chi connectivity index (χ0v) is 18.3. The number of carboxylic acid groups (broad SMARTS) is 1. The van der Waals surface area contributed by atoms with Gasteiger partial charge >= 0.3 is 5.97 Å². The van der Waals surface area contributed by atoms with Crippen molar-refractivity contribution >= 4 is 28.3 Å². The van der Waals surface area contributed by atoms with Crippen LogP contribution < -0.4 is 9.47 Å². The molecule has 4 rings (SSSR count). The molecule has 3 aromatic carbocycles. The van der Waals surface area contributed by atoms with Gasteiger partial charge in [0, 0.05) is 17.0 Å². The van der Waals surface area contributed by atoms with Crippen LogP contribution in [0.3, 0.4) is 0 Å². The number of rotatable bonds is 8. The van der Waals surface area contributed by atoms with Crippen molar-refractivity contribution in [2.45, 2.75) is 13.8 Å². The predicted octanol–water partition coefficient (Wildman–Crippen LogP) is 5.54. The minimum atomic E-state index is -1.00. The largest absolute Gasteiger partial charge is 0.494 e. The first-order valence-electron chi connectivity index (χ1n) is 10.6. The highest BCUT2D eigenvalue weighted by Gasteiger charge is 2.21. The number of aromatic carboxylic acids is 1. The van der Waals surface area contributed by atoms with Crippen LogP contribution in [-0.4, -0.2) is 40.1 Å². The van der Waals surface area contributed by atoms with E-state index < -0.39 is 5.97 Å². The van der Waals surface area contributed by atoms with Gasteiger partial charge in [-0.05, 0) is 44.2 Å². The fraction of sp³-hybridized carbons (Fsp3) is 0.154. The topological polar surface area (TPSA) is 104 Å². The highest BCUT2D eigenvalue weighted by Crippen LogP contribution is 2.38. The lowest BCUT2D eigenvalue weighted by Crippen LogP contribution is -2.03. The van der Waals surface area contributed by atoms with E-state index in [0.717, 1.165) is 10.9 Å². The summed E-state index contributed by atoms with van der Waals surface area (Å²) in [5.41, 5.74) is 3.26. The Bertz CT molecular complexity index is 1310. The molecule has 7 heteroatoms. The third-order valence-electron chi connectivity index (χ3n) is 5.08. The van der Waals surface area contributed by atoms with E-state index in [4.69, 9.17) is 14.5 Å². The minimum absolute atomic E-state index is 0.0362. The lowest BCUT2D eigenvalue weighted by atomic mass is 10.0. The zero-order valence-electron chi connectivity index (χ0n) is 18.3. The van der Waals surface area contributed by atoms with Gasteiger partial charge in [0.2, 0.25) is 0 Å². The first-order chi connectivity index (χ1) is 16.0. The third kappa shape index (κ3) is 4.52. The average Bonchev–Trinajstić information content (AvgIpc) is 3.13. The fourth-order valence-electron chi connectivity index (χ4n) is 3.63. The van der Waals surface area contributed by atoms with E-state index in [2.05, 4.69) is 4.98 Å². The van der Waals surface area contributed by atoms with Crippen molar-refractivity contribution in [2.24, 2.45) is 4.99 Å². The number of aromatic amines is 1. The van der Waals surface area contributed by atoms with Crippen molar-refractivity contribution in [3.63, 3.8) is 0 Å². The van der Waals surface area contributed by atoms with E-state index in [-0.39, 0.29) is 11.4 Å². The SMILES string of the molecule is CCOc1cc2[nH]c(O)c(C(=Nc3ccc(C(=O)O)cc3)c3ccccc3)c2cc1OCC. The molecule has 3 N–H and O–H groups in total. The van der Waals surface area contributed by atoms with Gasteiger partial charge in [-0.25, -0.2) is 9.79 Å². The van der Waals surface area contributed by atoms with E-state index in [1.54, 1.807) is 18.2 Å². The van der Waals surface area contributed by atoms with E-state index >= 15 is 0 Å². The van der Waals surface area contributed by atoms with Crippen molar-refractivity contribution in [3.8, 4) is 17.4 Å². The molecular weight excluding hydrogens is 420 g/mol. The Kier molecular flexibility index (Phi) is 6.31. The number of hydrogen-bond donors (Lipinski definition) is 3. The first-order valence-corrected chi connectivity index (χ1v) is 10.6. The molecule has 0 atom stereocenters. The molecule has 0 aliphatic rings. The van der Waals surface area contributed by atoms with Crippen LogP contribution in [0.15, 0.2) is 71.7 Å². The summed E-state index contributed by atoms with van der Waals surface area (Å²) in [4.78, 5) is 19.0. The molecule has 1 heterocycles. The number of nitrogens with one attached hydrogen (secondary N) is 1. The molecule has 7 nitrogen and oxygen atoms in total. The summed E-state index contributed by atoms with van der Waals surface area (Å²) in [5, 5.41) is 20.8. The molecule has 0 bridgehead atoms. The summed E-state index contributed by atoms with van der Waals surface area (Å²) < 4.78 is 11.5. The second kappa shape index (κ2) is 9.48. The van der Waals surface area contributed by atoms with Gasteiger partial charge in [0.15, 0.2) is 17.4 Å². The number of fused-ring (bicyclic) bond motifs is 1. The lowest BCUT2D eigenvalue weighted by molar-refractivity contribution is 0.0697. The number of aliphatic imine (C=N–C) groups is 1. The summed E-state index contributed by atoms with van der Waals surface area (Å²) in [6.45, 7) is 4.74. The number of benzene rings is 3. The van der Waals surface area contributed by atoms with Gasteiger partial charge in [-0.15, -0.1) is 0 Å². The second-order valence-electron chi connectivity index (χ2n) is 7.24. The smallest absolute Gasteiger partial charge is 0.335 e. The van der Waals surface area contributed by atoms with Gasteiger partial charge in [-0.3, -0.25) is 0 Å². The van der Waals surface area contributed by atoms with Crippen LogP contribution in [0.2, 0.25) is 0 Å². The zero-order chi connectivity index (χ0) is 23.4. The molecule has 0 radical (unpaired) electrons. The number of ether oxygens (including phenoxy) is 2. The average molecular weight is 444 g/mol. The highest BCUT2D eigenvalue weighted by molar-refractivity contribution is 6.22. The molecule has 0 saturated carbocycles. The molecule has 0 spiro atoms. The Morgan fingerprint density at radius 1 is 0.909 bits per heavy atom. The van der Waals surface area contributed by atoms with Crippen molar-refractivity contribution in [3.05, 3.63) is 83.4 Å². The molecule has 168 valence electrons. The van der Waals surface area contributed by atoms with Gasteiger partial charge in [-0.2, -0.15) is 0 Å². The number of nitrogens with zero attached hydrogens (tertiary/aromatic N) is 1. The Balaban J connectivity index is 1.93. The lowest BCUT2D eigenvalue weighted by Gasteiger charge is -2.12. The van der Waals surface area contributed by atoms with Gasteiger partial charge in [0.1, 0.15) is 0 Å². The van der Waals surface area contributed by atoms with E-state index in [9.17, 15) is 15.0 Å². The number of hydrogen-bond acceptors (Lipinski definition) is 5. The van der Waals surface area contributed by atoms with E-state index in [0.29, 0.717) is 47.2 Å². The van der Waals surface area contributed by atoms with Crippen LogP contribution in [-0.2, 0) is 0 Å². The Morgan fingerprint density at radius 3 is 2.15 bits per heavy atom. The molecule has 0 amide bonds. The Hall–Kier alpha value is -4.26. The highest BCUT2D eigenvalue weighted by atomic mass is 16.5. The van der Waals surface area contributed by atoms with Crippen LogP contribution in [0.5, 0.6) is 17.4 Å². The molecule has 33 heavy (non-hydrogen) atoms. The number of aromatic nitrogens is 1. The number of carboxylic acids is 1. The molecule has 4 aromatic rings. The molecule has 0 saturated heterocycles. The van der Waals surface area contributed by atoms with Gasteiger partial charge in [0.05, 0.1) is 41.3 Å². The minimum Gasteiger partial charge on any atom is -0.494 e. The van der Waals surface area contributed by atoms with Crippen molar-refractivity contribution < 1.29 is 24.5 Å². The van der Waals surface area contributed by atoms with Crippen molar-refractivity contribution in [2.75, 3.05) is 13.2 Å². The summed E-state index contributed by atoms with van der Waals surface area (Å²) >= 11 is 0. The van der Waals surface area contributed by atoms with E-state index in [1.165, 1.54) is 12.1 Å². The normalized spacial score (nSPS) is 11.5. The number of aromatic hydroxyl groups is 1. The third-order valence-corrected chi connectivity index (χ3v) is 5.08. The molecule has 1 aromatic heterocycles. The van der Waals surface area contributed by atoms with Crippen LogP contribution in [0.1, 0.15) is 35.3 Å².